The fourth-order valence-corrected chi connectivity index (χ4v) is 1.47. The Morgan fingerprint density at radius 3 is 2.82 bits per heavy atom. The second-order valence-electron chi connectivity index (χ2n) is 3.45. The number of ether oxygens (including phenoxy) is 1. The number of benzene rings is 1. The van der Waals surface area contributed by atoms with Crippen LogP contribution in [0.1, 0.15) is 12.8 Å². The Morgan fingerprint density at radius 1 is 1.59 bits per heavy atom. The summed E-state index contributed by atoms with van der Waals surface area (Å²) in [6.45, 7) is 0.379. The van der Waals surface area contributed by atoms with Gasteiger partial charge in [-0.05, 0) is 37.6 Å². The molecule has 0 aliphatic rings. The van der Waals surface area contributed by atoms with Crippen molar-refractivity contribution in [3.63, 3.8) is 0 Å². The third-order valence-electron chi connectivity index (χ3n) is 2.11. The average molecular weight is 262 g/mol. The van der Waals surface area contributed by atoms with Crippen LogP contribution in [0.5, 0.6) is 5.75 Å². The number of halogens is 2. The van der Waals surface area contributed by atoms with E-state index < -0.39 is 17.9 Å². The minimum atomic E-state index is -1.10. The molecule has 0 aliphatic carbocycles. The smallest absolute Gasteiger partial charge is 0.344 e. The highest BCUT2D eigenvalue weighted by molar-refractivity contribution is 6.32. The lowest BCUT2D eigenvalue weighted by molar-refractivity contribution is -0.145. The van der Waals surface area contributed by atoms with Crippen LogP contribution in [0.15, 0.2) is 18.2 Å². The van der Waals surface area contributed by atoms with E-state index in [1.54, 1.807) is 0 Å². The van der Waals surface area contributed by atoms with Crippen molar-refractivity contribution in [2.24, 2.45) is 5.73 Å². The SMILES string of the molecule is NCCCC(Oc1ccc(F)cc1Cl)C(=O)O. The van der Waals surface area contributed by atoms with Crippen LogP contribution in [0.25, 0.3) is 0 Å². The number of rotatable bonds is 6. The maximum Gasteiger partial charge on any atom is 0.344 e. The molecule has 6 heteroatoms. The Bertz CT molecular complexity index is 400. The van der Waals surface area contributed by atoms with Gasteiger partial charge in [-0.15, -0.1) is 0 Å². The number of hydrogen-bond donors (Lipinski definition) is 2. The van der Waals surface area contributed by atoms with Gasteiger partial charge in [-0.1, -0.05) is 11.6 Å². The van der Waals surface area contributed by atoms with Crippen LogP contribution in [-0.2, 0) is 4.79 Å². The van der Waals surface area contributed by atoms with Crippen LogP contribution in [-0.4, -0.2) is 23.7 Å². The highest BCUT2D eigenvalue weighted by atomic mass is 35.5. The van der Waals surface area contributed by atoms with Gasteiger partial charge in [-0.3, -0.25) is 0 Å². The van der Waals surface area contributed by atoms with Crippen molar-refractivity contribution in [1.82, 2.24) is 0 Å². The molecule has 0 saturated carbocycles. The molecule has 1 aromatic carbocycles. The number of aliphatic carboxylic acids is 1. The van der Waals surface area contributed by atoms with E-state index in [9.17, 15) is 9.18 Å². The zero-order valence-electron chi connectivity index (χ0n) is 9.03. The molecule has 0 radical (unpaired) electrons. The highest BCUT2D eigenvalue weighted by Crippen LogP contribution is 2.26. The zero-order chi connectivity index (χ0) is 12.8. The molecule has 1 unspecified atom stereocenters. The summed E-state index contributed by atoms with van der Waals surface area (Å²) in [6, 6.07) is 3.53. The predicted octanol–water partition coefficient (Wildman–Crippen LogP) is 2.05. The Hall–Kier alpha value is -1.33. The summed E-state index contributed by atoms with van der Waals surface area (Å²) < 4.78 is 18.0. The fraction of sp³-hybridized carbons (Fsp3) is 0.364. The summed E-state index contributed by atoms with van der Waals surface area (Å²) in [4.78, 5) is 10.9. The summed E-state index contributed by atoms with van der Waals surface area (Å²) in [5.41, 5.74) is 5.30. The highest BCUT2D eigenvalue weighted by Gasteiger charge is 2.19. The Labute approximate surface area is 103 Å². The fourth-order valence-electron chi connectivity index (χ4n) is 1.26. The molecule has 0 saturated heterocycles. The van der Waals surface area contributed by atoms with Crippen molar-refractivity contribution in [1.29, 1.82) is 0 Å². The molecule has 94 valence electrons. The molecule has 17 heavy (non-hydrogen) atoms. The van der Waals surface area contributed by atoms with E-state index >= 15 is 0 Å². The van der Waals surface area contributed by atoms with E-state index in [1.165, 1.54) is 6.07 Å². The minimum absolute atomic E-state index is 0.0454. The molecule has 0 aromatic heterocycles. The molecule has 0 aliphatic heterocycles. The molecular weight excluding hydrogens is 249 g/mol. The van der Waals surface area contributed by atoms with Gasteiger partial charge < -0.3 is 15.6 Å². The predicted molar refractivity (Wildman–Crippen MR) is 61.8 cm³/mol. The third-order valence-corrected chi connectivity index (χ3v) is 2.40. The first-order chi connectivity index (χ1) is 8.04. The topological polar surface area (TPSA) is 72.5 Å². The Morgan fingerprint density at radius 2 is 2.29 bits per heavy atom. The molecule has 1 aromatic rings. The first kappa shape index (κ1) is 13.7. The second-order valence-corrected chi connectivity index (χ2v) is 3.86. The van der Waals surface area contributed by atoms with E-state index in [0.29, 0.717) is 13.0 Å². The molecular formula is C11H13ClFNO3. The van der Waals surface area contributed by atoms with Crippen molar-refractivity contribution >= 4 is 17.6 Å². The average Bonchev–Trinajstić information content (AvgIpc) is 2.26. The van der Waals surface area contributed by atoms with Gasteiger partial charge in [-0.2, -0.15) is 0 Å². The lowest BCUT2D eigenvalue weighted by Gasteiger charge is -2.15. The minimum Gasteiger partial charge on any atom is -0.479 e. The summed E-state index contributed by atoms with van der Waals surface area (Å²) >= 11 is 5.73. The molecule has 0 fully saturated rings. The van der Waals surface area contributed by atoms with Crippen molar-refractivity contribution < 1.29 is 19.0 Å². The van der Waals surface area contributed by atoms with E-state index in [4.69, 9.17) is 27.2 Å². The van der Waals surface area contributed by atoms with E-state index in [-0.39, 0.29) is 17.2 Å². The van der Waals surface area contributed by atoms with Gasteiger partial charge in [0, 0.05) is 0 Å². The summed E-state index contributed by atoms with van der Waals surface area (Å²) in [5.74, 6) is -1.45. The monoisotopic (exact) mass is 261 g/mol. The lowest BCUT2D eigenvalue weighted by atomic mass is 10.2. The Balaban J connectivity index is 2.75. The maximum absolute atomic E-state index is 12.8. The Kier molecular flexibility index (Phi) is 5.18. The van der Waals surface area contributed by atoms with Gasteiger partial charge in [0.1, 0.15) is 11.6 Å². The van der Waals surface area contributed by atoms with Crippen molar-refractivity contribution in [3.8, 4) is 5.75 Å². The van der Waals surface area contributed by atoms with E-state index in [0.717, 1.165) is 12.1 Å². The van der Waals surface area contributed by atoms with Gasteiger partial charge in [0.2, 0.25) is 0 Å². The number of carboxylic acids is 1. The van der Waals surface area contributed by atoms with Gasteiger partial charge in [0.15, 0.2) is 6.10 Å². The maximum atomic E-state index is 12.8. The molecule has 0 amide bonds. The van der Waals surface area contributed by atoms with Crippen LogP contribution in [0.4, 0.5) is 4.39 Å². The first-order valence-electron chi connectivity index (χ1n) is 5.09. The molecule has 1 rings (SSSR count). The van der Waals surface area contributed by atoms with Crippen LogP contribution >= 0.6 is 11.6 Å². The van der Waals surface area contributed by atoms with Crippen LogP contribution in [0, 0.1) is 5.82 Å². The second kappa shape index (κ2) is 6.42. The van der Waals surface area contributed by atoms with Crippen LogP contribution in [0.2, 0.25) is 5.02 Å². The normalized spacial score (nSPS) is 12.2. The number of carboxylic acid groups (broad SMARTS) is 1. The quantitative estimate of drug-likeness (QED) is 0.822. The molecule has 0 bridgehead atoms. The molecule has 4 nitrogen and oxygen atoms in total. The van der Waals surface area contributed by atoms with E-state index in [1.807, 2.05) is 0 Å². The van der Waals surface area contributed by atoms with Crippen LogP contribution in [0.3, 0.4) is 0 Å². The standard InChI is InChI=1S/C11H13ClFNO3/c12-8-6-7(13)3-4-9(8)17-10(11(15)16)2-1-5-14/h3-4,6,10H,1-2,5,14H2,(H,15,16). The first-order valence-corrected chi connectivity index (χ1v) is 5.47. The molecule has 0 heterocycles. The molecule has 0 spiro atoms. The largest absolute Gasteiger partial charge is 0.479 e. The van der Waals surface area contributed by atoms with Gasteiger partial charge in [0.05, 0.1) is 5.02 Å². The van der Waals surface area contributed by atoms with E-state index in [2.05, 4.69) is 0 Å². The molecule has 1 atom stereocenters. The van der Waals surface area contributed by atoms with Gasteiger partial charge in [0.25, 0.3) is 0 Å². The lowest BCUT2D eigenvalue weighted by Crippen LogP contribution is -2.27. The van der Waals surface area contributed by atoms with Crippen molar-refractivity contribution in [3.05, 3.63) is 29.0 Å². The van der Waals surface area contributed by atoms with Crippen molar-refractivity contribution in [2.75, 3.05) is 6.54 Å². The third kappa shape index (κ3) is 4.20. The van der Waals surface area contributed by atoms with Crippen molar-refractivity contribution in [2.45, 2.75) is 18.9 Å². The number of hydrogen-bond acceptors (Lipinski definition) is 3. The molecule has 3 N–H and O–H groups in total. The van der Waals surface area contributed by atoms with Gasteiger partial charge >= 0.3 is 5.97 Å². The summed E-state index contributed by atoms with van der Waals surface area (Å²) in [7, 11) is 0. The van der Waals surface area contributed by atoms with Gasteiger partial charge in [-0.25, -0.2) is 9.18 Å². The number of nitrogens with two attached hydrogens (primary N) is 1. The summed E-state index contributed by atoms with van der Waals surface area (Å²) in [5, 5.41) is 8.97. The van der Waals surface area contributed by atoms with Crippen LogP contribution < -0.4 is 10.5 Å². The number of carbonyl (C=O) groups is 1. The zero-order valence-corrected chi connectivity index (χ0v) is 9.78. The summed E-state index contributed by atoms with van der Waals surface area (Å²) in [6.07, 6.45) is -0.225.